The van der Waals surface area contributed by atoms with Gasteiger partial charge < -0.3 is 5.32 Å². The lowest BCUT2D eigenvalue weighted by Gasteiger charge is -2.07. The number of rotatable bonds is 2. The first-order chi connectivity index (χ1) is 8.93. The molecule has 0 spiro atoms. The van der Waals surface area contributed by atoms with E-state index in [1.807, 2.05) is 30.5 Å². The number of dihydropyridines is 1. The molecule has 5 heteroatoms. The molecule has 0 saturated carbocycles. The molecule has 0 atom stereocenters. The summed E-state index contributed by atoms with van der Waals surface area (Å²) in [7, 11) is 0. The van der Waals surface area contributed by atoms with Crippen molar-refractivity contribution in [2.45, 2.75) is 0 Å². The van der Waals surface area contributed by atoms with Crippen molar-refractivity contribution >= 4 is 5.57 Å². The van der Waals surface area contributed by atoms with Gasteiger partial charge in [-0.15, -0.1) is 0 Å². The fourth-order valence-electron chi connectivity index (χ4n) is 1.69. The Bertz CT molecular complexity index is 604. The molecule has 3 rings (SSSR count). The molecule has 0 amide bonds. The first-order valence-electron chi connectivity index (χ1n) is 5.63. The summed E-state index contributed by atoms with van der Waals surface area (Å²) in [6.45, 7) is 0.794. The molecule has 1 N–H and O–H groups in total. The molecule has 3 heterocycles. The van der Waals surface area contributed by atoms with E-state index >= 15 is 0 Å². The van der Waals surface area contributed by atoms with Crippen LogP contribution in [0.3, 0.4) is 0 Å². The average Bonchev–Trinajstić information content (AvgIpc) is 2.49. The lowest BCUT2D eigenvalue weighted by molar-refractivity contribution is 0.962. The fraction of sp³-hybridized carbons (Fsp3) is 0.0769. The molecular formula is C13H11N5. The number of hydrogen-bond acceptors (Lipinski definition) is 5. The van der Waals surface area contributed by atoms with Gasteiger partial charge in [0.2, 0.25) is 0 Å². The van der Waals surface area contributed by atoms with Crippen LogP contribution in [-0.2, 0) is 0 Å². The third-order valence-electron chi connectivity index (χ3n) is 2.59. The number of pyridine rings is 1. The van der Waals surface area contributed by atoms with Gasteiger partial charge in [-0.1, -0.05) is 6.08 Å². The van der Waals surface area contributed by atoms with Crippen molar-refractivity contribution in [1.29, 1.82) is 0 Å². The second-order valence-electron chi connectivity index (χ2n) is 3.77. The molecule has 2 aromatic heterocycles. The zero-order valence-electron chi connectivity index (χ0n) is 9.61. The van der Waals surface area contributed by atoms with Crippen LogP contribution < -0.4 is 5.32 Å². The Morgan fingerprint density at radius 1 is 1.06 bits per heavy atom. The summed E-state index contributed by atoms with van der Waals surface area (Å²) >= 11 is 0. The predicted molar refractivity (Wildman–Crippen MR) is 68.2 cm³/mol. The van der Waals surface area contributed by atoms with Gasteiger partial charge in [0.1, 0.15) is 6.33 Å². The average molecular weight is 237 g/mol. The highest BCUT2D eigenvalue weighted by atomic mass is 15.0. The van der Waals surface area contributed by atoms with Gasteiger partial charge in [0.05, 0.1) is 0 Å². The van der Waals surface area contributed by atoms with Crippen LogP contribution in [0.4, 0.5) is 0 Å². The van der Waals surface area contributed by atoms with E-state index in [9.17, 15) is 0 Å². The molecule has 1 aliphatic rings. The topological polar surface area (TPSA) is 63.6 Å². The highest BCUT2D eigenvalue weighted by molar-refractivity contribution is 5.71. The number of nitrogens with one attached hydrogen (secondary N) is 1. The third-order valence-corrected chi connectivity index (χ3v) is 2.59. The van der Waals surface area contributed by atoms with Crippen LogP contribution in [0.25, 0.3) is 17.0 Å². The van der Waals surface area contributed by atoms with Crippen LogP contribution >= 0.6 is 0 Å². The van der Waals surface area contributed by atoms with E-state index in [0.717, 1.165) is 17.7 Å². The van der Waals surface area contributed by atoms with Crippen LogP contribution in [0.5, 0.6) is 0 Å². The van der Waals surface area contributed by atoms with Gasteiger partial charge in [0, 0.05) is 30.1 Å². The van der Waals surface area contributed by atoms with Crippen molar-refractivity contribution in [3.8, 4) is 11.4 Å². The molecule has 0 saturated heterocycles. The largest absolute Gasteiger partial charge is 0.387 e. The summed E-state index contributed by atoms with van der Waals surface area (Å²) in [5, 5.41) is 3.09. The molecule has 18 heavy (non-hydrogen) atoms. The maximum absolute atomic E-state index is 4.47. The van der Waals surface area contributed by atoms with Crippen molar-refractivity contribution < 1.29 is 0 Å². The Balaban J connectivity index is 1.99. The molecule has 0 unspecified atom stereocenters. The standard InChI is InChI=1S/C13H11N5/c1-5-14-6-2-10(1)12-16-9-17-13(18-12)11-3-7-15-8-4-11/h1-7,9,15H,8H2. The maximum atomic E-state index is 4.47. The zero-order valence-corrected chi connectivity index (χ0v) is 9.61. The minimum Gasteiger partial charge on any atom is -0.387 e. The second-order valence-corrected chi connectivity index (χ2v) is 3.77. The van der Waals surface area contributed by atoms with E-state index in [-0.39, 0.29) is 0 Å². The summed E-state index contributed by atoms with van der Waals surface area (Å²) in [5.41, 5.74) is 1.94. The minimum absolute atomic E-state index is 0.662. The predicted octanol–water partition coefficient (Wildman–Crippen LogP) is 1.43. The Hall–Kier alpha value is -2.56. The van der Waals surface area contributed by atoms with E-state index in [1.165, 1.54) is 6.33 Å². The highest BCUT2D eigenvalue weighted by Crippen LogP contribution is 2.16. The van der Waals surface area contributed by atoms with Gasteiger partial charge in [-0.3, -0.25) is 4.98 Å². The van der Waals surface area contributed by atoms with Gasteiger partial charge in [-0.25, -0.2) is 15.0 Å². The van der Waals surface area contributed by atoms with E-state index in [4.69, 9.17) is 0 Å². The Morgan fingerprint density at radius 3 is 2.67 bits per heavy atom. The van der Waals surface area contributed by atoms with Crippen LogP contribution in [-0.4, -0.2) is 26.5 Å². The molecule has 5 nitrogen and oxygen atoms in total. The van der Waals surface area contributed by atoms with Crippen LogP contribution in [0.15, 0.2) is 49.2 Å². The molecule has 0 fully saturated rings. The van der Waals surface area contributed by atoms with E-state index in [2.05, 4.69) is 25.3 Å². The summed E-state index contributed by atoms with van der Waals surface area (Å²) in [4.78, 5) is 16.8. The van der Waals surface area contributed by atoms with Gasteiger partial charge >= 0.3 is 0 Å². The Morgan fingerprint density at radius 2 is 1.89 bits per heavy atom. The third kappa shape index (κ3) is 2.10. The summed E-state index contributed by atoms with van der Waals surface area (Å²) in [6.07, 6.45) is 10.9. The Kier molecular flexibility index (Phi) is 2.79. The highest BCUT2D eigenvalue weighted by Gasteiger charge is 2.07. The SMILES string of the molecule is C1=CC(c2ncnc(-c3ccncc3)n2)=CCN1. The first-order valence-corrected chi connectivity index (χ1v) is 5.63. The van der Waals surface area contributed by atoms with Crippen LogP contribution in [0, 0.1) is 0 Å². The van der Waals surface area contributed by atoms with E-state index in [1.54, 1.807) is 12.4 Å². The molecule has 1 aliphatic heterocycles. The lowest BCUT2D eigenvalue weighted by Crippen LogP contribution is -2.09. The van der Waals surface area contributed by atoms with E-state index in [0.29, 0.717) is 11.6 Å². The fourth-order valence-corrected chi connectivity index (χ4v) is 1.69. The first kappa shape index (κ1) is 10.6. The van der Waals surface area contributed by atoms with Crippen molar-refractivity contribution in [2.24, 2.45) is 0 Å². The molecule has 88 valence electrons. The van der Waals surface area contributed by atoms with Crippen LogP contribution in [0.2, 0.25) is 0 Å². The second kappa shape index (κ2) is 4.75. The van der Waals surface area contributed by atoms with Crippen molar-refractivity contribution in [2.75, 3.05) is 6.54 Å². The van der Waals surface area contributed by atoms with Gasteiger partial charge in [0.15, 0.2) is 11.6 Å². The zero-order chi connectivity index (χ0) is 12.2. The van der Waals surface area contributed by atoms with Gasteiger partial charge in [-0.05, 0) is 24.4 Å². The monoisotopic (exact) mass is 237 g/mol. The number of allylic oxidation sites excluding steroid dienone is 2. The number of nitrogens with zero attached hydrogens (tertiary/aromatic N) is 4. The quantitative estimate of drug-likeness (QED) is 0.856. The molecule has 0 aromatic carbocycles. The molecular weight excluding hydrogens is 226 g/mol. The van der Waals surface area contributed by atoms with Crippen LogP contribution in [0.1, 0.15) is 5.82 Å². The van der Waals surface area contributed by atoms with Gasteiger partial charge in [0.25, 0.3) is 0 Å². The number of hydrogen-bond donors (Lipinski definition) is 1. The summed E-state index contributed by atoms with van der Waals surface area (Å²) < 4.78 is 0. The molecule has 0 bridgehead atoms. The van der Waals surface area contributed by atoms with Gasteiger partial charge in [-0.2, -0.15) is 0 Å². The Labute approximate surface area is 104 Å². The van der Waals surface area contributed by atoms with Crippen molar-refractivity contribution in [3.05, 3.63) is 55.0 Å². The normalized spacial score (nSPS) is 13.9. The molecule has 0 radical (unpaired) electrons. The molecule has 0 aliphatic carbocycles. The maximum Gasteiger partial charge on any atom is 0.163 e. The van der Waals surface area contributed by atoms with Crippen molar-refractivity contribution in [1.82, 2.24) is 25.3 Å². The lowest BCUT2D eigenvalue weighted by atomic mass is 10.2. The summed E-state index contributed by atoms with van der Waals surface area (Å²) in [6, 6.07) is 3.76. The number of aromatic nitrogens is 4. The molecule has 2 aromatic rings. The van der Waals surface area contributed by atoms with Crippen molar-refractivity contribution in [3.63, 3.8) is 0 Å². The minimum atomic E-state index is 0.662. The smallest absolute Gasteiger partial charge is 0.163 e. The van der Waals surface area contributed by atoms with E-state index < -0.39 is 0 Å². The summed E-state index contributed by atoms with van der Waals surface area (Å²) in [5.74, 6) is 1.35.